The second kappa shape index (κ2) is 7.52. The van der Waals surface area contributed by atoms with E-state index in [1.165, 1.54) is 22.4 Å². The minimum atomic E-state index is 0.311. The van der Waals surface area contributed by atoms with Crippen LogP contribution in [0.1, 0.15) is 6.92 Å². The molecule has 1 fully saturated rings. The smallest absolute Gasteiger partial charge is 0.317 e. The van der Waals surface area contributed by atoms with Crippen LogP contribution in [0.25, 0.3) is 22.5 Å². The molecule has 0 saturated carbocycles. The average molecular weight is 364 g/mol. The number of thioether (sulfide) groups is 1. The number of aromatic nitrogens is 2. The van der Waals surface area contributed by atoms with Crippen LogP contribution in [0.5, 0.6) is 0 Å². The number of nitrogens with zero attached hydrogens (tertiary/aromatic N) is 1. The SMILES string of the molecule is C=C(C)CSc1[nH]c(-c2ccccc2)c(-c2ccccc2)[n+]1CC1CO1. The summed E-state index contributed by atoms with van der Waals surface area (Å²) in [6.07, 6.45) is 0.311. The third-order valence-electron chi connectivity index (χ3n) is 4.34. The summed E-state index contributed by atoms with van der Waals surface area (Å²) in [5.41, 5.74) is 5.95. The minimum Gasteiger partial charge on any atom is -0.369 e. The monoisotopic (exact) mass is 363 g/mol. The molecule has 0 bridgehead atoms. The second-order valence-corrected chi connectivity index (χ2v) is 7.66. The molecule has 1 saturated heterocycles. The van der Waals surface area contributed by atoms with Gasteiger partial charge in [0.2, 0.25) is 0 Å². The van der Waals surface area contributed by atoms with Crippen molar-refractivity contribution in [3.05, 3.63) is 72.8 Å². The number of ether oxygens (including phenoxy) is 1. The fourth-order valence-corrected chi connectivity index (χ4v) is 3.92. The lowest BCUT2D eigenvalue weighted by molar-refractivity contribution is -0.722. The Morgan fingerprint density at radius 1 is 1.12 bits per heavy atom. The predicted molar refractivity (Wildman–Crippen MR) is 107 cm³/mol. The molecule has 1 aliphatic heterocycles. The molecule has 3 aromatic rings. The lowest BCUT2D eigenvalue weighted by atomic mass is 10.0. The Bertz CT molecular complexity index is 899. The molecule has 1 atom stereocenters. The van der Waals surface area contributed by atoms with Crippen LogP contribution >= 0.6 is 11.8 Å². The topological polar surface area (TPSA) is 32.2 Å². The van der Waals surface area contributed by atoms with E-state index in [-0.39, 0.29) is 0 Å². The van der Waals surface area contributed by atoms with Gasteiger partial charge in [-0.1, -0.05) is 72.8 Å². The Morgan fingerprint density at radius 2 is 1.73 bits per heavy atom. The first-order valence-electron chi connectivity index (χ1n) is 8.88. The summed E-state index contributed by atoms with van der Waals surface area (Å²) in [4.78, 5) is 3.68. The van der Waals surface area contributed by atoms with Crippen LogP contribution in [0.2, 0.25) is 0 Å². The normalized spacial score (nSPS) is 15.8. The average Bonchev–Trinajstić information content (AvgIpc) is 3.41. The molecule has 0 amide bonds. The van der Waals surface area contributed by atoms with Crippen LogP contribution in [0.15, 0.2) is 78.0 Å². The van der Waals surface area contributed by atoms with Gasteiger partial charge in [-0.15, -0.1) is 0 Å². The van der Waals surface area contributed by atoms with Crippen molar-refractivity contribution in [2.45, 2.75) is 24.7 Å². The summed E-state index contributed by atoms with van der Waals surface area (Å²) in [7, 11) is 0. The van der Waals surface area contributed by atoms with Crippen LogP contribution in [-0.4, -0.2) is 23.4 Å². The van der Waals surface area contributed by atoms with Gasteiger partial charge in [0, 0.05) is 16.9 Å². The molecule has 4 rings (SSSR count). The van der Waals surface area contributed by atoms with Crippen molar-refractivity contribution in [3.63, 3.8) is 0 Å². The molecule has 0 spiro atoms. The standard InChI is InChI=1S/C22H22N2OS/c1-16(2)15-26-22-23-20(17-9-5-3-6-10-17)21(18-11-7-4-8-12-18)24(22)13-19-14-25-19/h3-12,19H,1,13-15H2,2H3/p+1. The number of benzene rings is 2. The number of imidazole rings is 1. The van der Waals surface area contributed by atoms with Crippen LogP contribution in [-0.2, 0) is 11.3 Å². The Balaban J connectivity index is 1.87. The summed E-state index contributed by atoms with van der Waals surface area (Å²) < 4.78 is 7.92. The van der Waals surface area contributed by atoms with E-state index in [1.807, 2.05) is 0 Å². The predicted octanol–water partition coefficient (Wildman–Crippen LogP) is 4.70. The molecule has 2 aromatic carbocycles. The molecule has 3 nitrogen and oxygen atoms in total. The van der Waals surface area contributed by atoms with Gasteiger partial charge in [-0.05, 0) is 18.7 Å². The van der Waals surface area contributed by atoms with E-state index in [1.54, 1.807) is 11.8 Å². The highest BCUT2D eigenvalue weighted by molar-refractivity contribution is 7.99. The largest absolute Gasteiger partial charge is 0.369 e. The molecule has 26 heavy (non-hydrogen) atoms. The Kier molecular flexibility index (Phi) is 4.96. The summed E-state index contributed by atoms with van der Waals surface area (Å²) in [5.74, 6) is 0.897. The molecular formula is C22H23N2OS+. The van der Waals surface area contributed by atoms with Gasteiger partial charge in [0.25, 0.3) is 0 Å². The highest BCUT2D eigenvalue weighted by atomic mass is 32.2. The fourth-order valence-electron chi connectivity index (χ4n) is 3.04. The third-order valence-corrected chi connectivity index (χ3v) is 5.57. The van der Waals surface area contributed by atoms with Crippen molar-refractivity contribution in [1.29, 1.82) is 0 Å². The van der Waals surface area contributed by atoms with Crippen molar-refractivity contribution in [1.82, 2.24) is 4.98 Å². The Labute approximate surface area is 158 Å². The summed E-state index contributed by atoms with van der Waals surface area (Å²) in [6, 6.07) is 21.1. The highest BCUT2D eigenvalue weighted by Gasteiger charge is 2.33. The molecule has 4 heteroatoms. The van der Waals surface area contributed by atoms with Gasteiger partial charge in [-0.2, -0.15) is 0 Å². The van der Waals surface area contributed by atoms with Gasteiger partial charge in [0.05, 0.1) is 6.61 Å². The van der Waals surface area contributed by atoms with Crippen LogP contribution in [0.3, 0.4) is 0 Å². The van der Waals surface area contributed by atoms with Crippen molar-refractivity contribution in [3.8, 4) is 22.5 Å². The van der Waals surface area contributed by atoms with Gasteiger partial charge in [-0.25, -0.2) is 9.55 Å². The van der Waals surface area contributed by atoms with E-state index in [9.17, 15) is 0 Å². The second-order valence-electron chi connectivity index (χ2n) is 6.70. The maximum Gasteiger partial charge on any atom is 0.317 e. The van der Waals surface area contributed by atoms with E-state index >= 15 is 0 Å². The zero-order valence-electron chi connectivity index (χ0n) is 14.9. The van der Waals surface area contributed by atoms with Crippen molar-refractivity contribution >= 4 is 11.8 Å². The van der Waals surface area contributed by atoms with E-state index in [2.05, 4.69) is 83.7 Å². The maximum atomic E-state index is 5.54. The third kappa shape index (κ3) is 3.76. The summed E-state index contributed by atoms with van der Waals surface area (Å²) in [6.45, 7) is 7.83. The van der Waals surface area contributed by atoms with E-state index in [0.29, 0.717) is 6.10 Å². The van der Waals surface area contributed by atoms with E-state index in [0.717, 1.165) is 29.8 Å². The first-order chi connectivity index (χ1) is 12.7. The number of hydrogen-bond donors (Lipinski definition) is 1. The molecule has 1 unspecified atom stereocenters. The van der Waals surface area contributed by atoms with Gasteiger partial charge < -0.3 is 4.74 Å². The molecule has 0 radical (unpaired) electrons. The highest BCUT2D eigenvalue weighted by Crippen LogP contribution is 2.32. The van der Waals surface area contributed by atoms with Crippen LogP contribution in [0, 0.1) is 0 Å². The van der Waals surface area contributed by atoms with Crippen LogP contribution in [0.4, 0.5) is 0 Å². The first-order valence-corrected chi connectivity index (χ1v) is 9.86. The zero-order chi connectivity index (χ0) is 17.9. The van der Waals surface area contributed by atoms with Crippen molar-refractivity contribution in [2.24, 2.45) is 0 Å². The molecule has 2 heterocycles. The fraction of sp³-hybridized carbons (Fsp3) is 0.227. The van der Waals surface area contributed by atoms with E-state index < -0.39 is 0 Å². The number of nitrogens with one attached hydrogen (secondary N) is 1. The molecule has 0 aliphatic carbocycles. The quantitative estimate of drug-likeness (QED) is 0.285. The van der Waals surface area contributed by atoms with Crippen molar-refractivity contribution in [2.75, 3.05) is 12.4 Å². The number of rotatable bonds is 7. The number of H-pyrrole nitrogens is 1. The molecular weight excluding hydrogens is 340 g/mol. The Morgan fingerprint density at radius 3 is 2.31 bits per heavy atom. The number of hydrogen-bond acceptors (Lipinski definition) is 2. The zero-order valence-corrected chi connectivity index (χ0v) is 15.8. The van der Waals surface area contributed by atoms with Gasteiger partial charge in [0.15, 0.2) is 11.4 Å². The van der Waals surface area contributed by atoms with E-state index in [4.69, 9.17) is 4.74 Å². The molecule has 1 aromatic heterocycles. The lowest BCUT2D eigenvalue weighted by Gasteiger charge is -2.05. The van der Waals surface area contributed by atoms with Crippen molar-refractivity contribution < 1.29 is 9.30 Å². The Hall–Kier alpha value is -2.30. The molecule has 132 valence electrons. The molecule has 1 N–H and O–H groups in total. The van der Waals surface area contributed by atoms with Crippen LogP contribution < -0.4 is 4.57 Å². The maximum absolute atomic E-state index is 5.54. The van der Waals surface area contributed by atoms with Gasteiger partial charge in [-0.3, -0.25) is 0 Å². The summed E-state index contributed by atoms with van der Waals surface area (Å²) in [5, 5.41) is 1.15. The number of epoxide rings is 1. The summed E-state index contributed by atoms with van der Waals surface area (Å²) >= 11 is 1.80. The van der Waals surface area contributed by atoms with Gasteiger partial charge in [0.1, 0.15) is 12.6 Å². The number of aromatic amines is 1. The van der Waals surface area contributed by atoms with Gasteiger partial charge >= 0.3 is 5.16 Å². The minimum absolute atomic E-state index is 0.311. The lowest BCUT2D eigenvalue weighted by Crippen LogP contribution is -2.39. The first kappa shape index (κ1) is 17.1. The molecule has 1 aliphatic rings.